The van der Waals surface area contributed by atoms with Gasteiger partial charge in [-0.1, -0.05) is 25.7 Å². The Hall–Kier alpha value is -0.760. The summed E-state index contributed by atoms with van der Waals surface area (Å²) in [7, 11) is -8.13. The van der Waals surface area contributed by atoms with Gasteiger partial charge in [-0.2, -0.15) is 0 Å². The van der Waals surface area contributed by atoms with Gasteiger partial charge in [0, 0.05) is 32.4 Å². The van der Waals surface area contributed by atoms with E-state index in [0.717, 1.165) is 44.9 Å². The number of Topliss-reactive ketones (excluding diaryl/α,β-unsaturated/α-hetero) is 1. The fourth-order valence-corrected chi connectivity index (χ4v) is 6.19. The van der Waals surface area contributed by atoms with Crippen molar-refractivity contribution in [1.82, 2.24) is 5.32 Å². The molecule has 14 nitrogen and oxygen atoms in total. The van der Waals surface area contributed by atoms with Gasteiger partial charge in [-0.3, -0.25) is 27.7 Å². The fourth-order valence-electron chi connectivity index (χ4n) is 4.03. The molecule has 16 heteroatoms. The topological polar surface area (TPSA) is 185 Å². The standard InChI is InChI=1S/C31H63NO13P2/c1-30(2,3)44-46(35,36)42-21-14-10-9-13-19-32-29(34)18-12-8-7-11-16-28(33)17-15-20-39-22-23-40-24-25-41-26-27-43-47(37,38)45-31(4,5)6/h7-27H2,1-6H3,(H,32,34)(H,35,36)(H,37,38). The molecule has 2 unspecified atom stereocenters. The molecule has 0 aliphatic carbocycles. The largest absolute Gasteiger partial charge is 0.472 e. The molecule has 0 rings (SSSR count). The Morgan fingerprint density at radius 1 is 0.532 bits per heavy atom. The molecular formula is C31H63NO13P2. The smallest absolute Gasteiger partial charge is 0.379 e. The van der Waals surface area contributed by atoms with E-state index in [9.17, 15) is 28.5 Å². The number of ketones is 1. The maximum atomic E-state index is 12.1. The van der Waals surface area contributed by atoms with Gasteiger partial charge in [0.15, 0.2) is 0 Å². The van der Waals surface area contributed by atoms with Crippen LogP contribution in [0.4, 0.5) is 0 Å². The van der Waals surface area contributed by atoms with E-state index in [1.807, 2.05) is 0 Å². The minimum absolute atomic E-state index is 0.0361. The van der Waals surface area contributed by atoms with E-state index in [1.165, 1.54) is 0 Å². The Labute approximate surface area is 282 Å². The Kier molecular flexibility index (Phi) is 25.7. The monoisotopic (exact) mass is 719 g/mol. The molecule has 0 fully saturated rings. The number of nitrogens with one attached hydrogen (secondary N) is 1. The van der Waals surface area contributed by atoms with Crippen LogP contribution >= 0.6 is 15.6 Å². The molecule has 0 aliphatic rings. The zero-order valence-corrected chi connectivity index (χ0v) is 31.4. The summed E-state index contributed by atoms with van der Waals surface area (Å²) in [6.07, 6.45) is 8.83. The number of rotatable bonds is 31. The van der Waals surface area contributed by atoms with Crippen LogP contribution in [0.2, 0.25) is 0 Å². The van der Waals surface area contributed by atoms with Gasteiger partial charge in [0.1, 0.15) is 5.78 Å². The van der Waals surface area contributed by atoms with E-state index in [1.54, 1.807) is 41.5 Å². The SMILES string of the molecule is CC(C)(C)OP(=O)(O)OCCCCCCNC(=O)CCCCCCC(=O)CCCOCCOCCOCCOP(=O)(O)OC(C)(C)C. The average Bonchev–Trinajstić information content (AvgIpc) is 2.91. The highest BCUT2D eigenvalue weighted by molar-refractivity contribution is 7.47. The van der Waals surface area contributed by atoms with E-state index in [2.05, 4.69) is 5.32 Å². The summed E-state index contributed by atoms with van der Waals surface area (Å²) < 4.78 is 59.5. The normalized spacial score (nSPS) is 14.9. The third-order valence-corrected chi connectivity index (χ3v) is 8.58. The summed E-state index contributed by atoms with van der Waals surface area (Å²) in [6, 6.07) is 0. The molecule has 0 saturated heterocycles. The van der Waals surface area contributed by atoms with E-state index >= 15 is 0 Å². The van der Waals surface area contributed by atoms with Gasteiger partial charge in [-0.25, -0.2) is 9.13 Å². The third kappa shape index (κ3) is 34.9. The second kappa shape index (κ2) is 26.1. The summed E-state index contributed by atoms with van der Waals surface area (Å²) in [5.41, 5.74) is -1.54. The van der Waals surface area contributed by atoms with Crippen LogP contribution in [0.5, 0.6) is 0 Å². The summed E-state index contributed by atoms with van der Waals surface area (Å²) in [5.74, 6) is 0.260. The van der Waals surface area contributed by atoms with Crippen molar-refractivity contribution in [3.63, 3.8) is 0 Å². The molecule has 0 aromatic carbocycles. The maximum Gasteiger partial charge on any atom is 0.472 e. The second-order valence-corrected chi connectivity index (χ2v) is 15.9. The third-order valence-electron chi connectivity index (χ3n) is 6.01. The summed E-state index contributed by atoms with van der Waals surface area (Å²) in [5, 5.41) is 2.92. The number of carbonyl (C=O) groups excluding carboxylic acids is 2. The number of hydrogen-bond donors (Lipinski definition) is 3. The lowest BCUT2D eigenvalue weighted by Gasteiger charge is -2.22. The number of carbonyl (C=O) groups is 2. The quantitative estimate of drug-likeness (QED) is 0.0539. The van der Waals surface area contributed by atoms with Gasteiger partial charge in [-0.05, 0) is 73.6 Å². The first-order chi connectivity index (χ1) is 21.9. The van der Waals surface area contributed by atoms with Crippen LogP contribution in [0.15, 0.2) is 0 Å². The highest BCUT2D eigenvalue weighted by Gasteiger charge is 2.29. The van der Waals surface area contributed by atoms with E-state index in [-0.39, 0.29) is 31.5 Å². The van der Waals surface area contributed by atoms with Crippen molar-refractivity contribution in [2.45, 2.75) is 130 Å². The average molecular weight is 720 g/mol. The zero-order chi connectivity index (χ0) is 35.7. The fraction of sp³-hybridized carbons (Fsp3) is 0.935. The van der Waals surface area contributed by atoms with Crippen LogP contribution in [0, 0.1) is 0 Å². The Bertz CT molecular complexity index is 922. The Morgan fingerprint density at radius 3 is 1.51 bits per heavy atom. The van der Waals surface area contributed by atoms with Crippen LogP contribution in [0.1, 0.15) is 119 Å². The van der Waals surface area contributed by atoms with E-state index < -0.39 is 26.8 Å². The van der Waals surface area contributed by atoms with Crippen molar-refractivity contribution >= 4 is 27.3 Å². The van der Waals surface area contributed by atoms with Gasteiger partial charge < -0.3 is 29.3 Å². The van der Waals surface area contributed by atoms with Gasteiger partial charge in [-0.15, -0.1) is 0 Å². The summed E-state index contributed by atoms with van der Waals surface area (Å²) >= 11 is 0. The van der Waals surface area contributed by atoms with Crippen LogP contribution in [0.3, 0.4) is 0 Å². The number of phosphoric acid groups is 2. The first-order valence-corrected chi connectivity index (χ1v) is 19.8. The highest BCUT2D eigenvalue weighted by atomic mass is 31.2. The lowest BCUT2D eigenvalue weighted by Crippen LogP contribution is -2.23. The lowest BCUT2D eigenvalue weighted by molar-refractivity contribution is -0.121. The van der Waals surface area contributed by atoms with Gasteiger partial charge >= 0.3 is 15.6 Å². The van der Waals surface area contributed by atoms with E-state index in [0.29, 0.717) is 71.7 Å². The molecule has 0 spiro atoms. The molecule has 2 atom stereocenters. The van der Waals surface area contributed by atoms with Crippen molar-refractivity contribution in [2.75, 3.05) is 59.4 Å². The second-order valence-electron chi connectivity index (χ2n) is 13.2. The molecule has 3 N–H and O–H groups in total. The molecule has 0 aliphatic heterocycles. The van der Waals surface area contributed by atoms with Crippen molar-refractivity contribution in [2.24, 2.45) is 0 Å². The van der Waals surface area contributed by atoms with Crippen molar-refractivity contribution in [3.05, 3.63) is 0 Å². The van der Waals surface area contributed by atoms with Crippen LogP contribution < -0.4 is 5.32 Å². The van der Waals surface area contributed by atoms with Crippen molar-refractivity contribution in [3.8, 4) is 0 Å². The first kappa shape index (κ1) is 46.2. The number of ether oxygens (including phenoxy) is 3. The van der Waals surface area contributed by atoms with Crippen LogP contribution in [-0.4, -0.2) is 92.1 Å². The molecule has 0 aromatic heterocycles. The Morgan fingerprint density at radius 2 is 0.957 bits per heavy atom. The zero-order valence-electron chi connectivity index (χ0n) is 29.6. The highest BCUT2D eigenvalue weighted by Crippen LogP contribution is 2.47. The van der Waals surface area contributed by atoms with E-state index in [4.69, 9.17) is 32.3 Å². The molecular weight excluding hydrogens is 656 g/mol. The van der Waals surface area contributed by atoms with Crippen LogP contribution in [-0.2, 0) is 51.0 Å². The molecule has 0 saturated carbocycles. The predicted octanol–water partition coefficient (Wildman–Crippen LogP) is 6.27. The molecule has 1 amide bonds. The molecule has 47 heavy (non-hydrogen) atoms. The molecule has 0 heterocycles. The number of phosphoric ester groups is 2. The van der Waals surface area contributed by atoms with Gasteiger partial charge in [0.05, 0.1) is 57.5 Å². The molecule has 0 radical (unpaired) electrons. The molecule has 0 bridgehead atoms. The van der Waals surface area contributed by atoms with Gasteiger partial charge in [0.25, 0.3) is 0 Å². The lowest BCUT2D eigenvalue weighted by atomic mass is 10.1. The number of amides is 1. The number of hydrogen-bond acceptors (Lipinski definition) is 11. The first-order valence-electron chi connectivity index (χ1n) is 16.8. The van der Waals surface area contributed by atoms with Gasteiger partial charge in [0.2, 0.25) is 5.91 Å². The summed E-state index contributed by atoms with van der Waals surface area (Å²) in [6.45, 7) is 12.9. The summed E-state index contributed by atoms with van der Waals surface area (Å²) in [4.78, 5) is 43.3. The minimum Gasteiger partial charge on any atom is -0.379 e. The van der Waals surface area contributed by atoms with Crippen molar-refractivity contribution in [1.29, 1.82) is 0 Å². The van der Waals surface area contributed by atoms with Crippen LogP contribution in [0.25, 0.3) is 0 Å². The Balaban J connectivity index is 3.46. The predicted molar refractivity (Wildman–Crippen MR) is 179 cm³/mol. The maximum absolute atomic E-state index is 12.1. The molecule has 280 valence electrons. The number of unbranched alkanes of at least 4 members (excludes halogenated alkanes) is 6. The minimum atomic E-state index is -4.10. The molecule has 0 aromatic rings. The van der Waals surface area contributed by atoms with Crippen molar-refractivity contribution < 1.29 is 60.8 Å².